The van der Waals surface area contributed by atoms with E-state index in [1.807, 2.05) is 18.3 Å². The molecule has 1 amide bonds. The molecule has 3 heterocycles. The van der Waals surface area contributed by atoms with Gasteiger partial charge in [-0.15, -0.1) is 0 Å². The summed E-state index contributed by atoms with van der Waals surface area (Å²) in [5, 5.41) is 9.46. The molecule has 1 aromatic heterocycles. The average molecular weight is 370 g/mol. The third-order valence-corrected chi connectivity index (χ3v) is 5.66. The molecular formula is C20H26N4O3. The summed E-state index contributed by atoms with van der Waals surface area (Å²) in [7, 11) is 3.25. The van der Waals surface area contributed by atoms with E-state index >= 15 is 0 Å². The number of benzene rings is 1. The molecule has 1 unspecified atom stereocenters. The Balaban J connectivity index is 1.66. The molecular weight excluding hydrogens is 344 g/mol. The van der Waals surface area contributed by atoms with Gasteiger partial charge >= 0.3 is 0 Å². The number of nitrogens with zero attached hydrogens (tertiary/aromatic N) is 4. The fourth-order valence-corrected chi connectivity index (χ4v) is 4.26. The Morgan fingerprint density at radius 1 is 1.07 bits per heavy atom. The summed E-state index contributed by atoms with van der Waals surface area (Å²) in [6.45, 7) is 2.67. The number of anilines is 1. The molecule has 0 aliphatic carbocycles. The molecule has 0 bridgehead atoms. The van der Waals surface area contributed by atoms with Crippen LogP contribution in [-0.4, -0.2) is 60.9 Å². The first-order valence-electron chi connectivity index (χ1n) is 9.63. The molecule has 2 aromatic rings. The monoisotopic (exact) mass is 370 g/mol. The van der Waals surface area contributed by atoms with Crippen molar-refractivity contribution in [3.8, 4) is 11.5 Å². The second-order valence-electron chi connectivity index (χ2n) is 7.24. The second kappa shape index (κ2) is 7.58. The van der Waals surface area contributed by atoms with E-state index in [4.69, 9.17) is 9.47 Å². The quantitative estimate of drug-likeness (QED) is 0.824. The third-order valence-electron chi connectivity index (χ3n) is 5.66. The Bertz CT molecular complexity index is 841. The fourth-order valence-electron chi connectivity index (χ4n) is 4.26. The van der Waals surface area contributed by atoms with E-state index in [1.165, 1.54) is 0 Å². The molecule has 2 aliphatic heterocycles. The fraction of sp³-hybridized carbons (Fsp3) is 0.550. The van der Waals surface area contributed by atoms with E-state index in [2.05, 4.69) is 20.0 Å². The summed E-state index contributed by atoms with van der Waals surface area (Å²) < 4.78 is 10.9. The van der Waals surface area contributed by atoms with Gasteiger partial charge in [0.1, 0.15) is 0 Å². The predicted octanol–water partition coefficient (Wildman–Crippen LogP) is 2.63. The van der Waals surface area contributed by atoms with Gasteiger partial charge in [0, 0.05) is 43.5 Å². The van der Waals surface area contributed by atoms with Gasteiger partial charge in [0.15, 0.2) is 11.5 Å². The molecule has 2 fully saturated rings. The first kappa shape index (κ1) is 17.8. The maximum atomic E-state index is 12.4. The van der Waals surface area contributed by atoms with Crippen LogP contribution in [0, 0.1) is 0 Å². The van der Waals surface area contributed by atoms with Crippen LogP contribution in [0.3, 0.4) is 0 Å². The number of carbonyl (C=O) groups excluding carboxylic acids is 1. The van der Waals surface area contributed by atoms with Crippen LogP contribution < -0.4 is 14.4 Å². The Morgan fingerprint density at radius 3 is 2.67 bits per heavy atom. The standard InChI is InChI=1S/C20H26N4O3/c1-26-18-10-15-16(11-19(18)27-2)22-21-12-17(15)23-8-5-6-14(13-23)24-9-4-3-7-20(24)25/h10-12,14H,3-9,13H2,1-2H3. The summed E-state index contributed by atoms with van der Waals surface area (Å²) in [6, 6.07) is 4.10. The molecule has 1 aromatic carbocycles. The Kier molecular flexibility index (Phi) is 5.01. The number of rotatable bonds is 4. The zero-order chi connectivity index (χ0) is 18.8. The van der Waals surface area contributed by atoms with Crippen molar-refractivity contribution in [1.29, 1.82) is 0 Å². The lowest BCUT2D eigenvalue weighted by atomic mass is 9.99. The van der Waals surface area contributed by atoms with Crippen LogP contribution in [0.5, 0.6) is 11.5 Å². The highest BCUT2D eigenvalue weighted by atomic mass is 16.5. The number of hydrogen-bond donors (Lipinski definition) is 0. The van der Waals surface area contributed by atoms with Crippen molar-refractivity contribution >= 4 is 22.5 Å². The Morgan fingerprint density at radius 2 is 1.89 bits per heavy atom. The number of piperidine rings is 2. The molecule has 2 saturated heterocycles. The van der Waals surface area contributed by atoms with E-state index in [0.29, 0.717) is 23.8 Å². The molecule has 4 rings (SSSR count). The third kappa shape index (κ3) is 3.38. The molecule has 2 aliphatic rings. The molecule has 144 valence electrons. The van der Waals surface area contributed by atoms with Crippen molar-refractivity contribution in [3.63, 3.8) is 0 Å². The van der Waals surface area contributed by atoms with Crippen LogP contribution >= 0.6 is 0 Å². The molecule has 0 N–H and O–H groups in total. The number of ether oxygens (including phenoxy) is 2. The lowest BCUT2D eigenvalue weighted by molar-refractivity contribution is -0.135. The lowest BCUT2D eigenvalue weighted by Gasteiger charge is -2.42. The molecule has 0 radical (unpaired) electrons. The van der Waals surface area contributed by atoms with E-state index in [-0.39, 0.29) is 6.04 Å². The summed E-state index contributed by atoms with van der Waals surface area (Å²) in [6.07, 6.45) is 6.76. The number of methoxy groups -OCH3 is 2. The van der Waals surface area contributed by atoms with Gasteiger partial charge in [-0.1, -0.05) is 0 Å². The van der Waals surface area contributed by atoms with Gasteiger partial charge in [0.25, 0.3) is 0 Å². The summed E-state index contributed by atoms with van der Waals surface area (Å²) in [4.78, 5) is 16.8. The molecule has 1 atom stereocenters. The normalized spacial score (nSPS) is 20.8. The van der Waals surface area contributed by atoms with Crippen molar-refractivity contribution in [2.24, 2.45) is 0 Å². The minimum atomic E-state index is 0.273. The molecule has 27 heavy (non-hydrogen) atoms. The lowest BCUT2D eigenvalue weighted by Crippen LogP contribution is -2.51. The zero-order valence-electron chi connectivity index (χ0n) is 16.0. The van der Waals surface area contributed by atoms with Gasteiger partial charge < -0.3 is 19.3 Å². The zero-order valence-corrected chi connectivity index (χ0v) is 16.0. The minimum absolute atomic E-state index is 0.273. The van der Waals surface area contributed by atoms with Crippen molar-refractivity contribution in [3.05, 3.63) is 18.3 Å². The summed E-state index contributed by atoms with van der Waals surface area (Å²) >= 11 is 0. The van der Waals surface area contributed by atoms with Crippen LogP contribution in [0.25, 0.3) is 10.9 Å². The highest BCUT2D eigenvalue weighted by Gasteiger charge is 2.30. The van der Waals surface area contributed by atoms with Crippen molar-refractivity contribution < 1.29 is 14.3 Å². The number of likely N-dealkylation sites (tertiary alicyclic amines) is 1. The van der Waals surface area contributed by atoms with Crippen LogP contribution in [0.1, 0.15) is 32.1 Å². The SMILES string of the molecule is COc1cc2nncc(N3CCCC(N4CCCCC4=O)C3)c2cc1OC. The number of hydrogen-bond acceptors (Lipinski definition) is 6. The highest BCUT2D eigenvalue weighted by molar-refractivity contribution is 5.93. The smallest absolute Gasteiger partial charge is 0.222 e. The Hall–Kier alpha value is -2.57. The second-order valence-corrected chi connectivity index (χ2v) is 7.24. The van der Waals surface area contributed by atoms with Crippen molar-refractivity contribution in [2.45, 2.75) is 38.1 Å². The molecule has 7 nitrogen and oxygen atoms in total. The number of amides is 1. The van der Waals surface area contributed by atoms with Crippen molar-refractivity contribution in [1.82, 2.24) is 15.1 Å². The highest BCUT2D eigenvalue weighted by Crippen LogP contribution is 2.36. The summed E-state index contributed by atoms with van der Waals surface area (Å²) in [5.74, 6) is 1.63. The van der Waals surface area contributed by atoms with E-state index in [9.17, 15) is 4.79 Å². The number of fused-ring (bicyclic) bond motifs is 1. The Labute approximate surface area is 159 Å². The van der Waals surface area contributed by atoms with Crippen LogP contribution in [-0.2, 0) is 4.79 Å². The molecule has 0 spiro atoms. The summed E-state index contributed by atoms with van der Waals surface area (Å²) in [5.41, 5.74) is 1.82. The van der Waals surface area contributed by atoms with Gasteiger partial charge in [-0.3, -0.25) is 4.79 Å². The topological polar surface area (TPSA) is 67.8 Å². The maximum absolute atomic E-state index is 12.4. The number of carbonyl (C=O) groups is 1. The van der Waals surface area contributed by atoms with Crippen LogP contribution in [0.4, 0.5) is 5.69 Å². The molecule has 7 heteroatoms. The van der Waals surface area contributed by atoms with Gasteiger partial charge in [0.2, 0.25) is 5.91 Å². The first-order chi connectivity index (χ1) is 13.2. The van der Waals surface area contributed by atoms with Crippen LogP contribution in [0.15, 0.2) is 18.3 Å². The number of aromatic nitrogens is 2. The minimum Gasteiger partial charge on any atom is -0.493 e. The van der Waals surface area contributed by atoms with Gasteiger partial charge in [-0.05, 0) is 31.7 Å². The van der Waals surface area contributed by atoms with Crippen LogP contribution in [0.2, 0.25) is 0 Å². The van der Waals surface area contributed by atoms with Gasteiger partial charge in [0.05, 0.1) is 31.6 Å². The van der Waals surface area contributed by atoms with Gasteiger partial charge in [-0.2, -0.15) is 10.2 Å². The van der Waals surface area contributed by atoms with E-state index < -0.39 is 0 Å². The average Bonchev–Trinajstić information content (AvgIpc) is 2.72. The van der Waals surface area contributed by atoms with Crippen molar-refractivity contribution in [2.75, 3.05) is 38.8 Å². The first-order valence-corrected chi connectivity index (χ1v) is 9.63. The van der Waals surface area contributed by atoms with E-state index in [0.717, 1.165) is 61.9 Å². The maximum Gasteiger partial charge on any atom is 0.222 e. The van der Waals surface area contributed by atoms with E-state index in [1.54, 1.807) is 14.2 Å². The largest absolute Gasteiger partial charge is 0.493 e. The predicted molar refractivity (Wildman–Crippen MR) is 103 cm³/mol. The molecule has 0 saturated carbocycles. The van der Waals surface area contributed by atoms with Gasteiger partial charge in [-0.25, -0.2) is 0 Å².